The molecule has 5 rings (SSSR count). The largest absolute Gasteiger partial charge is 0.465 e. The molecule has 0 unspecified atom stereocenters. The minimum atomic E-state index is -0.764. The molecule has 0 aromatic heterocycles. The van der Waals surface area contributed by atoms with E-state index in [1.54, 1.807) is 11.8 Å². The van der Waals surface area contributed by atoms with E-state index < -0.39 is 5.54 Å². The third kappa shape index (κ3) is 4.99. The number of hydrogen-bond acceptors (Lipinski definition) is 6. The SMILES string of the molecule is COC(=O)C1=C(c2ccccc2)S/C(=C2/C(=S)C(C)(C)N(C(=O)Cc3ccccc3)c3cc(C)c(C)cc32)S1. The van der Waals surface area contributed by atoms with E-state index in [0.717, 1.165) is 48.2 Å². The van der Waals surface area contributed by atoms with Crippen molar-refractivity contribution in [1.29, 1.82) is 0 Å². The molecule has 0 N–H and O–H groups in total. The van der Waals surface area contributed by atoms with Crippen LogP contribution in [0.5, 0.6) is 0 Å². The molecule has 0 spiro atoms. The van der Waals surface area contributed by atoms with E-state index in [1.807, 2.05) is 79.4 Å². The average Bonchev–Trinajstić information content (AvgIpc) is 3.36. The maximum absolute atomic E-state index is 13.9. The maximum Gasteiger partial charge on any atom is 0.345 e. The number of aryl methyl sites for hydroxylation is 2. The van der Waals surface area contributed by atoms with Crippen molar-refractivity contribution in [2.45, 2.75) is 39.7 Å². The summed E-state index contributed by atoms with van der Waals surface area (Å²) in [4.78, 5) is 30.7. The van der Waals surface area contributed by atoms with Crippen molar-refractivity contribution in [2.24, 2.45) is 0 Å². The average molecular weight is 572 g/mol. The number of methoxy groups -OCH3 is 1. The summed E-state index contributed by atoms with van der Waals surface area (Å²) in [7, 11) is 1.40. The minimum Gasteiger partial charge on any atom is -0.465 e. The van der Waals surface area contributed by atoms with Crippen LogP contribution in [0.1, 0.15) is 41.7 Å². The Bertz CT molecular complexity index is 1560. The Kier molecular flexibility index (Phi) is 7.60. The summed E-state index contributed by atoms with van der Waals surface area (Å²) < 4.78 is 6.08. The lowest BCUT2D eigenvalue weighted by molar-refractivity contribution is -0.135. The number of benzene rings is 3. The lowest BCUT2D eigenvalue weighted by Gasteiger charge is -2.45. The van der Waals surface area contributed by atoms with Crippen LogP contribution in [0.2, 0.25) is 0 Å². The van der Waals surface area contributed by atoms with Gasteiger partial charge in [-0.1, -0.05) is 96.4 Å². The van der Waals surface area contributed by atoms with Gasteiger partial charge in [-0.2, -0.15) is 0 Å². The number of carbonyl (C=O) groups is 2. The Morgan fingerprint density at radius 1 is 0.923 bits per heavy atom. The molecule has 2 aliphatic heterocycles. The Morgan fingerprint density at radius 3 is 2.18 bits per heavy atom. The molecule has 0 saturated carbocycles. The second-order valence-electron chi connectivity index (χ2n) is 10.1. The van der Waals surface area contributed by atoms with E-state index in [4.69, 9.17) is 17.0 Å². The number of anilines is 1. The number of thiocarbonyl (C=S) groups is 1. The van der Waals surface area contributed by atoms with Gasteiger partial charge in [0.05, 0.1) is 33.9 Å². The van der Waals surface area contributed by atoms with Gasteiger partial charge in [0.25, 0.3) is 0 Å². The molecule has 0 aliphatic carbocycles. The van der Waals surface area contributed by atoms with Gasteiger partial charge in [-0.3, -0.25) is 4.79 Å². The molecular weight excluding hydrogens is 543 g/mol. The highest BCUT2D eigenvalue weighted by Gasteiger charge is 2.45. The minimum absolute atomic E-state index is 0.00724. The molecule has 2 aliphatic rings. The molecular formula is C32H29NO3S3. The van der Waals surface area contributed by atoms with Crippen molar-refractivity contribution in [3.63, 3.8) is 0 Å². The molecule has 4 nitrogen and oxygen atoms in total. The first-order valence-electron chi connectivity index (χ1n) is 12.6. The fraction of sp³-hybridized carbons (Fsp3) is 0.219. The van der Waals surface area contributed by atoms with Gasteiger partial charge in [0, 0.05) is 16.0 Å². The molecule has 198 valence electrons. The molecule has 7 heteroatoms. The van der Waals surface area contributed by atoms with Crippen LogP contribution in [-0.4, -0.2) is 29.4 Å². The highest BCUT2D eigenvalue weighted by Crippen LogP contribution is 2.58. The van der Waals surface area contributed by atoms with Gasteiger partial charge in [0.2, 0.25) is 5.91 Å². The van der Waals surface area contributed by atoms with Crippen molar-refractivity contribution in [2.75, 3.05) is 12.0 Å². The molecule has 0 fully saturated rings. The zero-order valence-electron chi connectivity index (χ0n) is 22.5. The zero-order valence-corrected chi connectivity index (χ0v) is 25.0. The lowest BCUT2D eigenvalue weighted by Crippen LogP contribution is -2.56. The topological polar surface area (TPSA) is 46.6 Å². The number of amides is 1. The molecule has 1 amide bonds. The Hall–Kier alpha value is -3.13. The van der Waals surface area contributed by atoms with E-state index >= 15 is 0 Å². The summed E-state index contributed by atoms with van der Waals surface area (Å²) in [5, 5.41) is 0. The second-order valence-corrected chi connectivity index (χ2v) is 12.8. The molecule has 0 saturated heterocycles. The quantitative estimate of drug-likeness (QED) is 0.181. The number of rotatable bonds is 4. The van der Waals surface area contributed by atoms with E-state index in [0.29, 0.717) is 9.77 Å². The van der Waals surface area contributed by atoms with Crippen LogP contribution in [0.25, 0.3) is 10.5 Å². The van der Waals surface area contributed by atoms with E-state index in [-0.39, 0.29) is 18.3 Å². The van der Waals surface area contributed by atoms with Crippen molar-refractivity contribution < 1.29 is 14.3 Å². The highest BCUT2D eigenvalue weighted by atomic mass is 32.2. The van der Waals surface area contributed by atoms with Gasteiger partial charge in [0.15, 0.2) is 0 Å². The summed E-state index contributed by atoms with van der Waals surface area (Å²) in [5.74, 6) is -0.380. The van der Waals surface area contributed by atoms with E-state index in [2.05, 4.69) is 26.0 Å². The number of nitrogens with zero attached hydrogens (tertiary/aromatic N) is 1. The molecule has 0 bridgehead atoms. The molecule has 39 heavy (non-hydrogen) atoms. The number of ether oxygens (including phenoxy) is 1. The second kappa shape index (κ2) is 10.8. The lowest BCUT2D eigenvalue weighted by atomic mass is 9.81. The standard InChI is InChI=1S/C32H29NO3S3/c1-19-16-23-24(17-20(19)2)33(25(34)18-21-12-8-6-9-13-21)32(3,4)29(37)26(23)31-38-27(22-14-10-7-11-15-22)28(39-31)30(35)36-5/h6-17H,18H2,1-5H3/b31-26-. The molecule has 3 aromatic carbocycles. The number of hydrogen-bond donors (Lipinski definition) is 0. The van der Waals surface area contributed by atoms with Crippen molar-refractivity contribution in [3.8, 4) is 0 Å². The van der Waals surface area contributed by atoms with E-state index in [1.165, 1.54) is 18.9 Å². The van der Waals surface area contributed by atoms with Gasteiger partial charge in [-0.05, 0) is 62.1 Å². The highest BCUT2D eigenvalue weighted by molar-refractivity contribution is 8.32. The summed E-state index contributed by atoms with van der Waals surface area (Å²) >= 11 is 9.13. The summed E-state index contributed by atoms with van der Waals surface area (Å²) in [6, 6.07) is 23.9. The first-order valence-corrected chi connectivity index (χ1v) is 14.7. The Morgan fingerprint density at radius 2 is 1.54 bits per heavy atom. The summed E-state index contributed by atoms with van der Waals surface area (Å²) in [5.41, 5.74) is 6.02. The number of fused-ring (bicyclic) bond motifs is 1. The van der Waals surface area contributed by atoms with Crippen molar-refractivity contribution >= 4 is 68.6 Å². The molecule has 3 aromatic rings. The maximum atomic E-state index is 13.9. The van der Waals surface area contributed by atoms with Gasteiger partial charge >= 0.3 is 5.97 Å². The Balaban J connectivity index is 1.67. The monoisotopic (exact) mass is 571 g/mol. The smallest absolute Gasteiger partial charge is 0.345 e. The Labute approximate surface area is 243 Å². The van der Waals surface area contributed by atoms with Crippen LogP contribution in [0.3, 0.4) is 0 Å². The van der Waals surface area contributed by atoms with Crippen LogP contribution < -0.4 is 4.90 Å². The van der Waals surface area contributed by atoms with Crippen molar-refractivity contribution in [1.82, 2.24) is 0 Å². The van der Waals surface area contributed by atoms with Gasteiger partial charge in [-0.25, -0.2) is 4.79 Å². The van der Waals surface area contributed by atoms with Gasteiger partial charge in [0.1, 0.15) is 4.91 Å². The predicted octanol–water partition coefficient (Wildman–Crippen LogP) is 7.73. The van der Waals surface area contributed by atoms with Crippen LogP contribution in [0.4, 0.5) is 5.69 Å². The number of esters is 1. The molecule has 0 atom stereocenters. The van der Waals surface area contributed by atoms with Crippen LogP contribution in [0.15, 0.2) is 81.9 Å². The molecule has 0 radical (unpaired) electrons. The molecule has 2 heterocycles. The summed E-state index contributed by atoms with van der Waals surface area (Å²) in [6.45, 7) is 8.15. The normalized spacial score (nSPS) is 18.3. The van der Waals surface area contributed by atoms with Gasteiger partial charge in [-0.15, -0.1) is 0 Å². The number of thioether (sulfide) groups is 2. The first-order chi connectivity index (χ1) is 18.6. The third-order valence-electron chi connectivity index (χ3n) is 7.12. The number of carbonyl (C=O) groups excluding carboxylic acids is 2. The summed E-state index contributed by atoms with van der Waals surface area (Å²) in [6.07, 6.45) is 0.279. The third-order valence-corrected chi connectivity index (χ3v) is 10.4. The zero-order chi connectivity index (χ0) is 27.9. The predicted molar refractivity (Wildman–Crippen MR) is 168 cm³/mol. The van der Waals surface area contributed by atoms with Crippen LogP contribution >= 0.6 is 35.7 Å². The van der Waals surface area contributed by atoms with Gasteiger partial charge < -0.3 is 9.64 Å². The first kappa shape index (κ1) is 27.4. The van der Waals surface area contributed by atoms with Crippen LogP contribution in [-0.2, 0) is 20.7 Å². The van der Waals surface area contributed by atoms with Crippen molar-refractivity contribution in [3.05, 3.63) is 110 Å². The fourth-order valence-electron chi connectivity index (χ4n) is 4.92. The van der Waals surface area contributed by atoms with Crippen LogP contribution in [0, 0.1) is 13.8 Å². The van der Waals surface area contributed by atoms with E-state index in [9.17, 15) is 9.59 Å². The fourth-order valence-corrected chi connectivity index (χ4v) is 8.08.